The number of aryl methyl sites for hydroxylation is 3. The van der Waals surface area contributed by atoms with Crippen LogP contribution in [0.15, 0.2) is 60.7 Å². The number of Topliss-reactive ketones (excluding diaryl/α,β-unsaturated/α-hetero) is 1. The highest BCUT2D eigenvalue weighted by Gasteiger charge is 2.06. The Balaban J connectivity index is 0.000000264. The third-order valence-electron chi connectivity index (χ3n) is 3.95. The highest BCUT2D eigenvalue weighted by atomic mass is 16.1. The van der Waals surface area contributed by atoms with Crippen LogP contribution in [0.25, 0.3) is 10.8 Å². The predicted octanol–water partition coefficient (Wildman–Crippen LogP) is 6.93. The molecule has 0 spiro atoms. The molecule has 0 heterocycles. The first-order chi connectivity index (χ1) is 12.0. The fourth-order valence-electron chi connectivity index (χ4n) is 2.54. The van der Waals surface area contributed by atoms with Crippen molar-refractivity contribution in [2.24, 2.45) is 0 Å². The summed E-state index contributed by atoms with van der Waals surface area (Å²) in [5.74, 6) is 0.151. The van der Waals surface area contributed by atoms with Crippen LogP contribution < -0.4 is 0 Å². The number of carbonyl (C=O) groups is 1. The van der Waals surface area contributed by atoms with Gasteiger partial charge in [-0.1, -0.05) is 86.5 Å². The second-order valence-corrected chi connectivity index (χ2v) is 5.92. The molecule has 3 aromatic rings. The molecule has 0 aromatic heterocycles. The lowest BCUT2D eigenvalue weighted by molar-refractivity contribution is 0.101. The van der Waals surface area contributed by atoms with E-state index in [1.807, 2.05) is 38.1 Å². The summed E-state index contributed by atoms with van der Waals surface area (Å²) < 4.78 is 0. The van der Waals surface area contributed by atoms with Crippen LogP contribution in [0, 0.1) is 13.8 Å². The first-order valence-electron chi connectivity index (χ1n) is 9.07. The molecule has 0 N–H and O–H groups in total. The van der Waals surface area contributed by atoms with E-state index >= 15 is 0 Å². The van der Waals surface area contributed by atoms with Crippen molar-refractivity contribution in [3.63, 3.8) is 0 Å². The Hall–Kier alpha value is -2.41. The van der Waals surface area contributed by atoms with Gasteiger partial charge >= 0.3 is 0 Å². The van der Waals surface area contributed by atoms with Gasteiger partial charge in [-0.25, -0.2) is 0 Å². The van der Waals surface area contributed by atoms with Crippen LogP contribution in [0.1, 0.15) is 54.7 Å². The van der Waals surface area contributed by atoms with Gasteiger partial charge in [0, 0.05) is 5.56 Å². The zero-order valence-electron chi connectivity index (χ0n) is 16.4. The highest BCUT2D eigenvalue weighted by Crippen LogP contribution is 2.21. The highest BCUT2D eigenvalue weighted by molar-refractivity contribution is 6.00. The molecule has 25 heavy (non-hydrogen) atoms. The van der Waals surface area contributed by atoms with E-state index in [2.05, 4.69) is 57.2 Å². The predicted molar refractivity (Wildman–Crippen MR) is 111 cm³/mol. The number of ketones is 1. The Morgan fingerprint density at radius 3 is 1.64 bits per heavy atom. The van der Waals surface area contributed by atoms with Gasteiger partial charge in [0.1, 0.15) is 0 Å². The van der Waals surface area contributed by atoms with Crippen molar-refractivity contribution in [3.05, 3.63) is 82.9 Å². The standard InChI is InChI=1S/C14H14O.C8H10.C2H6/c1-3-11-8-12-6-4-5-7-13(12)9-14(11)10(2)15;1-7-3-5-8(2)6-4-7;1-2/h4-9H,3H2,1-2H3;3-6H,1-2H3;1-2H3. The molecule has 0 atom stereocenters. The Morgan fingerprint density at radius 1 is 0.800 bits per heavy atom. The van der Waals surface area contributed by atoms with Crippen LogP contribution in [0.2, 0.25) is 0 Å². The minimum atomic E-state index is 0.151. The lowest BCUT2D eigenvalue weighted by Gasteiger charge is -2.07. The molecule has 0 aliphatic heterocycles. The average Bonchev–Trinajstić information content (AvgIpc) is 2.65. The van der Waals surface area contributed by atoms with Crippen molar-refractivity contribution in [2.75, 3.05) is 0 Å². The summed E-state index contributed by atoms with van der Waals surface area (Å²) in [5.41, 5.74) is 4.66. The number of fused-ring (bicyclic) bond motifs is 1. The quantitative estimate of drug-likeness (QED) is 0.464. The number of carbonyl (C=O) groups excluding carboxylic acids is 1. The molecule has 0 saturated heterocycles. The SMILES string of the molecule is CC.CCc1cc2ccccc2cc1C(C)=O.Cc1ccc(C)cc1. The van der Waals surface area contributed by atoms with E-state index in [1.54, 1.807) is 6.92 Å². The van der Waals surface area contributed by atoms with Gasteiger partial charge in [0.2, 0.25) is 0 Å². The largest absolute Gasteiger partial charge is 0.295 e. The van der Waals surface area contributed by atoms with Crippen LogP contribution in [0.4, 0.5) is 0 Å². The van der Waals surface area contributed by atoms with E-state index in [0.29, 0.717) is 0 Å². The zero-order valence-corrected chi connectivity index (χ0v) is 16.4. The molecule has 3 aromatic carbocycles. The normalized spacial score (nSPS) is 9.52. The van der Waals surface area contributed by atoms with Crippen molar-refractivity contribution in [2.45, 2.75) is 48.0 Å². The van der Waals surface area contributed by atoms with Gasteiger partial charge in [-0.15, -0.1) is 0 Å². The van der Waals surface area contributed by atoms with Crippen molar-refractivity contribution in [1.82, 2.24) is 0 Å². The number of benzene rings is 3. The Labute approximate surface area is 152 Å². The summed E-state index contributed by atoms with van der Waals surface area (Å²) in [6.07, 6.45) is 0.903. The van der Waals surface area contributed by atoms with Crippen LogP contribution in [-0.2, 0) is 6.42 Å². The number of hydrogen-bond acceptors (Lipinski definition) is 1. The molecule has 3 rings (SSSR count). The Bertz CT molecular complexity index is 777. The van der Waals surface area contributed by atoms with Crippen LogP contribution in [-0.4, -0.2) is 5.78 Å². The van der Waals surface area contributed by atoms with E-state index in [9.17, 15) is 4.79 Å². The topological polar surface area (TPSA) is 17.1 Å². The van der Waals surface area contributed by atoms with Crippen molar-refractivity contribution < 1.29 is 4.79 Å². The smallest absolute Gasteiger partial charge is 0.160 e. The fraction of sp³-hybridized carbons (Fsp3) is 0.292. The average molecular weight is 335 g/mol. The first kappa shape index (κ1) is 20.6. The van der Waals surface area contributed by atoms with Crippen LogP contribution in [0.3, 0.4) is 0 Å². The second-order valence-electron chi connectivity index (χ2n) is 5.92. The summed E-state index contributed by atoms with van der Waals surface area (Å²) in [6, 6.07) is 20.7. The summed E-state index contributed by atoms with van der Waals surface area (Å²) in [7, 11) is 0. The van der Waals surface area contributed by atoms with Crippen molar-refractivity contribution in [1.29, 1.82) is 0 Å². The minimum absolute atomic E-state index is 0.151. The maximum atomic E-state index is 11.5. The van der Waals surface area contributed by atoms with E-state index in [0.717, 1.165) is 22.9 Å². The lowest BCUT2D eigenvalue weighted by Crippen LogP contribution is -1.98. The molecule has 0 bridgehead atoms. The van der Waals surface area contributed by atoms with Crippen molar-refractivity contribution in [3.8, 4) is 0 Å². The molecule has 1 nitrogen and oxygen atoms in total. The monoisotopic (exact) mass is 334 g/mol. The third kappa shape index (κ3) is 6.19. The fourth-order valence-corrected chi connectivity index (χ4v) is 2.54. The minimum Gasteiger partial charge on any atom is -0.295 e. The summed E-state index contributed by atoms with van der Waals surface area (Å²) in [5, 5.41) is 2.35. The van der Waals surface area contributed by atoms with E-state index in [1.165, 1.54) is 16.5 Å². The molecule has 0 amide bonds. The molecule has 1 heteroatoms. The summed E-state index contributed by atoms with van der Waals surface area (Å²) >= 11 is 0. The maximum absolute atomic E-state index is 11.5. The molecule has 0 aliphatic carbocycles. The summed E-state index contributed by atoms with van der Waals surface area (Å²) in [4.78, 5) is 11.5. The molecule has 0 unspecified atom stereocenters. The maximum Gasteiger partial charge on any atom is 0.160 e. The Kier molecular flexibility index (Phi) is 8.63. The molecular weight excluding hydrogens is 304 g/mol. The number of rotatable bonds is 2. The molecule has 132 valence electrons. The third-order valence-corrected chi connectivity index (χ3v) is 3.95. The Morgan fingerprint density at radius 2 is 1.24 bits per heavy atom. The van der Waals surface area contributed by atoms with E-state index in [-0.39, 0.29) is 5.78 Å². The van der Waals surface area contributed by atoms with Crippen LogP contribution in [0.5, 0.6) is 0 Å². The van der Waals surface area contributed by atoms with Gasteiger partial charge in [0.15, 0.2) is 5.78 Å². The first-order valence-corrected chi connectivity index (χ1v) is 9.07. The van der Waals surface area contributed by atoms with Gasteiger partial charge in [-0.05, 0) is 49.6 Å². The van der Waals surface area contributed by atoms with E-state index < -0.39 is 0 Å². The molecule has 0 aliphatic rings. The molecule has 0 fully saturated rings. The van der Waals surface area contributed by atoms with Gasteiger partial charge in [-0.2, -0.15) is 0 Å². The second kappa shape index (κ2) is 10.5. The van der Waals surface area contributed by atoms with Crippen molar-refractivity contribution >= 4 is 16.6 Å². The molecule has 0 saturated carbocycles. The van der Waals surface area contributed by atoms with Gasteiger partial charge < -0.3 is 0 Å². The van der Waals surface area contributed by atoms with Gasteiger partial charge in [0.05, 0.1) is 0 Å². The number of hydrogen-bond donors (Lipinski definition) is 0. The van der Waals surface area contributed by atoms with Crippen LogP contribution >= 0.6 is 0 Å². The molecular formula is C24H30O. The van der Waals surface area contributed by atoms with Gasteiger partial charge in [0.25, 0.3) is 0 Å². The summed E-state index contributed by atoms with van der Waals surface area (Å²) in [6.45, 7) is 11.9. The van der Waals surface area contributed by atoms with Gasteiger partial charge in [-0.3, -0.25) is 4.79 Å². The van der Waals surface area contributed by atoms with E-state index in [4.69, 9.17) is 0 Å². The zero-order chi connectivity index (χ0) is 18.8. The lowest BCUT2D eigenvalue weighted by atomic mass is 9.97. The molecule has 0 radical (unpaired) electrons.